The van der Waals surface area contributed by atoms with Gasteiger partial charge in [0.05, 0.1) is 0 Å². The molecule has 2 fully saturated rings. The summed E-state index contributed by atoms with van der Waals surface area (Å²) in [6.45, 7) is 2.48. The second kappa shape index (κ2) is 6.84. The van der Waals surface area contributed by atoms with Crippen LogP contribution in [0.2, 0.25) is 0 Å². The third-order valence-electron chi connectivity index (χ3n) is 4.55. The highest BCUT2D eigenvalue weighted by Gasteiger charge is 2.36. The number of nitrogens with zero attached hydrogens (tertiary/aromatic N) is 4. The number of rotatable bonds is 3. The fraction of sp³-hybridized carbons (Fsp3) is 0.471. The van der Waals surface area contributed by atoms with Gasteiger partial charge in [0, 0.05) is 36.7 Å². The number of hydrogen-bond donors (Lipinski definition) is 0. The van der Waals surface area contributed by atoms with E-state index in [9.17, 15) is 4.79 Å². The minimum atomic E-state index is -0.158. The largest absolute Gasteiger partial charge is 0.339 e. The van der Waals surface area contributed by atoms with Gasteiger partial charge in [-0.25, -0.2) is 0 Å². The van der Waals surface area contributed by atoms with Gasteiger partial charge in [-0.1, -0.05) is 18.2 Å². The van der Waals surface area contributed by atoms with Crippen molar-refractivity contribution in [3.63, 3.8) is 0 Å². The highest BCUT2D eigenvalue weighted by molar-refractivity contribution is 7.99. The molecular formula is C17H20N4O2S. The van der Waals surface area contributed by atoms with Crippen molar-refractivity contribution in [3.05, 3.63) is 30.3 Å². The van der Waals surface area contributed by atoms with Gasteiger partial charge in [-0.2, -0.15) is 16.7 Å². The summed E-state index contributed by atoms with van der Waals surface area (Å²) in [4.78, 5) is 21.3. The van der Waals surface area contributed by atoms with Gasteiger partial charge in [0.15, 0.2) is 0 Å². The van der Waals surface area contributed by atoms with E-state index in [0.717, 1.165) is 49.5 Å². The van der Waals surface area contributed by atoms with Crippen molar-refractivity contribution in [2.45, 2.75) is 18.9 Å². The number of benzene rings is 1. The molecule has 24 heavy (non-hydrogen) atoms. The van der Waals surface area contributed by atoms with Crippen LogP contribution in [0.15, 0.2) is 34.9 Å². The number of carbonyl (C=O) groups excluding carboxylic acids is 1. The van der Waals surface area contributed by atoms with Crippen LogP contribution in [-0.4, -0.2) is 58.1 Å². The van der Waals surface area contributed by atoms with E-state index >= 15 is 0 Å². The minimum Gasteiger partial charge on any atom is -0.339 e. The molecule has 1 aromatic heterocycles. The fourth-order valence-corrected chi connectivity index (χ4v) is 4.19. The van der Waals surface area contributed by atoms with E-state index in [1.165, 1.54) is 0 Å². The van der Waals surface area contributed by atoms with Crippen molar-refractivity contribution in [2.24, 2.45) is 0 Å². The van der Waals surface area contributed by atoms with Gasteiger partial charge in [-0.15, -0.1) is 0 Å². The van der Waals surface area contributed by atoms with Crippen LogP contribution in [0.25, 0.3) is 11.5 Å². The number of thioether (sulfide) groups is 1. The van der Waals surface area contributed by atoms with Crippen LogP contribution < -0.4 is 4.90 Å². The van der Waals surface area contributed by atoms with E-state index in [1.807, 2.05) is 51.9 Å². The normalized spacial score (nSPS) is 21.2. The zero-order valence-corrected chi connectivity index (χ0v) is 14.2. The van der Waals surface area contributed by atoms with Crippen LogP contribution in [-0.2, 0) is 4.79 Å². The van der Waals surface area contributed by atoms with E-state index in [4.69, 9.17) is 4.52 Å². The summed E-state index contributed by atoms with van der Waals surface area (Å²) in [6.07, 6.45) is 1.84. The Bertz CT molecular complexity index is 700. The fourth-order valence-electron chi connectivity index (χ4n) is 3.29. The van der Waals surface area contributed by atoms with Crippen molar-refractivity contribution in [1.82, 2.24) is 15.0 Å². The van der Waals surface area contributed by atoms with Crippen LogP contribution in [0, 0.1) is 0 Å². The molecule has 0 spiro atoms. The Morgan fingerprint density at radius 3 is 2.75 bits per heavy atom. The highest BCUT2D eigenvalue weighted by atomic mass is 32.2. The molecule has 7 heteroatoms. The Balaban J connectivity index is 1.52. The summed E-state index contributed by atoms with van der Waals surface area (Å²) >= 11 is 1.91. The second-order valence-corrected chi connectivity index (χ2v) is 7.28. The Morgan fingerprint density at radius 2 is 1.96 bits per heavy atom. The smallest absolute Gasteiger partial charge is 0.267 e. The molecule has 2 aliphatic heterocycles. The predicted octanol–water partition coefficient (Wildman–Crippen LogP) is 2.28. The zero-order valence-electron chi connectivity index (χ0n) is 13.4. The minimum absolute atomic E-state index is 0.158. The SMILES string of the molecule is O=C(C1CCCN1c1noc(-c2ccccc2)n1)N1CCSCC1. The average Bonchev–Trinajstić information content (AvgIpc) is 3.32. The number of amides is 1. The summed E-state index contributed by atoms with van der Waals surface area (Å²) < 4.78 is 5.41. The molecule has 0 bridgehead atoms. The molecule has 1 amide bonds. The Hall–Kier alpha value is -2.02. The first-order valence-electron chi connectivity index (χ1n) is 8.35. The average molecular weight is 344 g/mol. The maximum Gasteiger partial charge on any atom is 0.267 e. The molecule has 4 rings (SSSR count). The number of hydrogen-bond acceptors (Lipinski definition) is 6. The Morgan fingerprint density at radius 1 is 1.17 bits per heavy atom. The zero-order chi connectivity index (χ0) is 16.4. The molecule has 6 nitrogen and oxygen atoms in total. The van der Waals surface area contributed by atoms with E-state index in [0.29, 0.717) is 11.8 Å². The molecule has 1 unspecified atom stereocenters. The Labute approximate surface area is 145 Å². The Kier molecular flexibility index (Phi) is 4.42. The molecule has 1 atom stereocenters. The predicted molar refractivity (Wildman–Crippen MR) is 94.0 cm³/mol. The van der Waals surface area contributed by atoms with E-state index in [-0.39, 0.29) is 11.9 Å². The molecular weight excluding hydrogens is 324 g/mol. The summed E-state index contributed by atoms with van der Waals surface area (Å²) in [7, 11) is 0. The summed E-state index contributed by atoms with van der Waals surface area (Å²) in [5.74, 6) is 3.28. The lowest BCUT2D eigenvalue weighted by atomic mass is 10.2. The second-order valence-electron chi connectivity index (χ2n) is 6.05. The first kappa shape index (κ1) is 15.5. The lowest BCUT2D eigenvalue weighted by molar-refractivity contribution is -0.132. The van der Waals surface area contributed by atoms with Gasteiger partial charge in [0.2, 0.25) is 5.91 Å². The molecule has 126 valence electrons. The molecule has 1 aromatic carbocycles. The van der Waals surface area contributed by atoms with Crippen LogP contribution in [0.1, 0.15) is 12.8 Å². The molecule has 0 N–H and O–H groups in total. The summed E-state index contributed by atoms with van der Waals surface area (Å²) in [5, 5.41) is 4.12. The third kappa shape index (κ3) is 3.00. The molecule has 0 radical (unpaired) electrons. The van der Waals surface area contributed by atoms with Crippen LogP contribution >= 0.6 is 11.8 Å². The lowest BCUT2D eigenvalue weighted by Gasteiger charge is -2.31. The van der Waals surface area contributed by atoms with Crippen LogP contribution in [0.4, 0.5) is 5.95 Å². The summed E-state index contributed by atoms with van der Waals surface area (Å²) in [6, 6.07) is 9.55. The molecule has 3 heterocycles. The van der Waals surface area contributed by atoms with Crippen molar-refractivity contribution in [1.29, 1.82) is 0 Å². The van der Waals surface area contributed by atoms with Gasteiger partial charge >= 0.3 is 0 Å². The van der Waals surface area contributed by atoms with Gasteiger partial charge in [-0.3, -0.25) is 4.79 Å². The van der Waals surface area contributed by atoms with Gasteiger partial charge in [0.25, 0.3) is 11.8 Å². The molecule has 2 saturated heterocycles. The molecule has 2 aromatic rings. The van der Waals surface area contributed by atoms with Crippen molar-refractivity contribution >= 4 is 23.6 Å². The van der Waals surface area contributed by atoms with E-state index in [1.54, 1.807) is 0 Å². The monoisotopic (exact) mass is 344 g/mol. The van der Waals surface area contributed by atoms with Crippen molar-refractivity contribution in [2.75, 3.05) is 36.0 Å². The van der Waals surface area contributed by atoms with Gasteiger partial charge < -0.3 is 14.3 Å². The van der Waals surface area contributed by atoms with Crippen LogP contribution in [0.3, 0.4) is 0 Å². The van der Waals surface area contributed by atoms with Crippen LogP contribution in [0.5, 0.6) is 0 Å². The number of aromatic nitrogens is 2. The maximum atomic E-state index is 12.8. The van der Waals surface area contributed by atoms with Gasteiger partial charge in [0.1, 0.15) is 6.04 Å². The maximum absolute atomic E-state index is 12.8. The molecule has 0 saturated carbocycles. The first-order valence-corrected chi connectivity index (χ1v) is 9.51. The summed E-state index contributed by atoms with van der Waals surface area (Å²) in [5.41, 5.74) is 0.895. The van der Waals surface area contributed by atoms with Crippen molar-refractivity contribution < 1.29 is 9.32 Å². The highest BCUT2D eigenvalue weighted by Crippen LogP contribution is 2.27. The lowest BCUT2D eigenvalue weighted by Crippen LogP contribution is -2.48. The standard InChI is InChI=1S/C17H20N4O2S/c22-16(20-9-11-24-12-10-20)14-7-4-8-21(14)17-18-15(23-19-17)13-5-2-1-3-6-13/h1-3,5-6,14H,4,7-12H2. The topological polar surface area (TPSA) is 62.5 Å². The number of anilines is 1. The van der Waals surface area contributed by atoms with E-state index in [2.05, 4.69) is 10.1 Å². The molecule has 0 aliphatic carbocycles. The quantitative estimate of drug-likeness (QED) is 0.851. The van der Waals surface area contributed by atoms with Crippen molar-refractivity contribution in [3.8, 4) is 11.5 Å². The third-order valence-corrected chi connectivity index (χ3v) is 5.50. The molecule has 2 aliphatic rings. The van der Waals surface area contributed by atoms with Gasteiger partial charge in [-0.05, 0) is 30.1 Å². The number of carbonyl (C=O) groups is 1. The van der Waals surface area contributed by atoms with E-state index < -0.39 is 0 Å². The first-order chi connectivity index (χ1) is 11.8.